The molecule has 2 aromatic heterocycles. The minimum Gasteiger partial charge on any atom is -0.497 e. The second-order valence-corrected chi connectivity index (χ2v) is 6.95. The molecule has 2 aromatic carbocycles. The lowest BCUT2D eigenvalue weighted by Crippen LogP contribution is -2.15. The summed E-state index contributed by atoms with van der Waals surface area (Å²) in [5.74, 6) is 0.575. The third-order valence-corrected chi connectivity index (χ3v) is 5.01. The van der Waals surface area contributed by atoms with Crippen LogP contribution in [0.1, 0.15) is 0 Å². The number of aromatic nitrogens is 4. The summed E-state index contributed by atoms with van der Waals surface area (Å²) in [6.07, 6.45) is 0. The van der Waals surface area contributed by atoms with E-state index in [1.165, 1.54) is 19.2 Å². The third kappa shape index (κ3) is 3.92. The van der Waals surface area contributed by atoms with Crippen LogP contribution in [0.25, 0.3) is 22.1 Å². The van der Waals surface area contributed by atoms with Gasteiger partial charge in [-0.2, -0.15) is 0 Å². The largest absolute Gasteiger partial charge is 0.497 e. The molecule has 0 aliphatic rings. The van der Waals surface area contributed by atoms with Crippen LogP contribution in [-0.4, -0.2) is 46.0 Å². The highest BCUT2D eigenvalue weighted by Gasteiger charge is 2.13. The molecular formula is C19H16FN5O3S. The molecule has 0 unspecified atom stereocenters. The number of carbonyl (C=O) groups is 1. The first-order valence-corrected chi connectivity index (χ1v) is 9.52. The van der Waals surface area contributed by atoms with Crippen molar-refractivity contribution in [2.24, 2.45) is 0 Å². The van der Waals surface area contributed by atoms with Crippen molar-refractivity contribution in [2.45, 2.75) is 5.16 Å². The van der Waals surface area contributed by atoms with Crippen LogP contribution in [-0.2, 0) is 4.79 Å². The highest BCUT2D eigenvalue weighted by Crippen LogP contribution is 2.29. The van der Waals surface area contributed by atoms with Crippen molar-refractivity contribution in [3.05, 3.63) is 42.2 Å². The van der Waals surface area contributed by atoms with E-state index < -0.39 is 0 Å². The van der Waals surface area contributed by atoms with Crippen molar-refractivity contribution >= 4 is 45.4 Å². The Morgan fingerprint density at radius 2 is 2.03 bits per heavy atom. The van der Waals surface area contributed by atoms with Gasteiger partial charge in [0.2, 0.25) is 11.1 Å². The maximum absolute atomic E-state index is 13.5. The van der Waals surface area contributed by atoms with E-state index in [9.17, 15) is 9.18 Å². The van der Waals surface area contributed by atoms with E-state index in [0.29, 0.717) is 44.4 Å². The normalized spacial score (nSPS) is 11.0. The molecule has 0 saturated carbocycles. The first-order chi connectivity index (χ1) is 14.1. The number of hydrogen-bond donors (Lipinski definition) is 2. The first-order valence-electron chi connectivity index (χ1n) is 8.53. The summed E-state index contributed by atoms with van der Waals surface area (Å²) >= 11 is 1.14. The van der Waals surface area contributed by atoms with Crippen molar-refractivity contribution < 1.29 is 18.7 Å². The SMILES string of the molecule is COc1ccc(OC)c(NC(=O)CSc2nnc3c(n2)[nH]c2ccc(F)cc23)c1. The van der Waals surface area contributed by atoms with Crippen LogP contribution in [0.5, 0.6) is 11.5 Å². The van der Waals surface area contributed by atoms with E-state index in [0.717, 1.165) is 11.8 Å². The zero-order valence-electron chi connectivity index (χ0n) is 15.5. The Morgan fingerprint density at radius 1 is 1.17 bits per heavy atom. The van der Waals surface area contributed by atoms with Gasteiger partial charge in [0.05, 0.1) is 25.7 Å². The predicted molar refractivity (Wildman–Crippen MR) is 108 cm³/mol. The molecule has 0 bridgehead atoms. The second kappa shape index (κ2) is 7.92. The summed E-state index contributed by atoms with van der Waals surface area (Å²) < 4.78 is 23.9. The van der Waals surface area contributed by atoms with Crippen LogP contribution < -0.4 is 14.8 Å². The molecule has 29 heavy (non-hydrogen) atoms. The van der Waals surface area contributed by atoms with E-state index in [4.69, 9.17) is 9.47 Å². The molecule has 148 valence electrons. The molecule has 0 aliphatic heterocycles. The van der Waals surface area contributed by atoms with Gasteiger partial charge in [-0.3, -0.25) is 4.79 Å². The Kier molecular flexibility index (Phi) is 5.17. The summed E-state index contributed by atoms with van der Waals surface area (Å²) in [6.45, 7) is 0. The molecule has 0 atom stereocenters. The lowest BCUT2D eigenvalue weighted by Gasteiger charge is -2.11. The maximum atomic E-state index is 13.5. The van der Waals surface area contributed by atoms with Gasteiger partial charge in [0.1, 0.15) is 22.8 Å². The maximum Gasteiger partial charge on any atom is 0.234 e. The monoisotopic (exact) mass is 413 g/mol. The summed E-state index contributed by atoms with van der Waals surface area (Å²) in [4.78, 5) is 19.8. The molecule has 8 nitrogen and oxygen atoms in total. The van der Waals surface area contributed by atoms with E-state index in [1.54, 1.807) is 31.4 Å². The number of amides is 1. The molecule has 2 heterocycles. The van der Waals surface area contributed by atoms with E-state index >= 15 is 0 Å². The highest BCUT2D eigenvalue weighted by atomic mass is 32.2. The topological polar surface area (TPSA) is 102 Å². The first kappa shape index (κ1) is 18.9. The number of rotatable bonds is 6. The van der Waals surface area contributed by atoms with Crippen molar-refractivity contribution in [1.29, 1.82) is 0 Å². The fourth-order valence-corrected chi connectivity index (χ4v) is 3.40. The number of ether oxygens (including phenoxy) is 2. The number of hydrogen-bond acceptors (Lipinski definition) is 7. The van der Waals surface area contributed by atoms with Gasteiger partial charge in [-0.05, 0) is 30.3 Å². The van der Waals surface area contributed by atoms with Crippen LogP contribution in [0, 0.1) is 5.82 Å². The smallest absolute Gasteiger partial charge is 0.234 e. The van der Waals surface area contributed by atoms with E-state index in [2.05, 4.69) is 25.5 Å². The number of nitrogens with zero attached hydrogens (tertiary/aromatic N) is 3. The number of fused-ring (bicyclic) bond motifs is 3. The standard InChI is InChI=1S/C19H16FN5O3S/c1-27-11-4-6-15(28-2)14(8-11)21-16(26)9-29-19-23-18-17(24-25-19)12-7-10(20)3-5-13(12)22-18/h3-8H,9H2,1-2H3,(H,21,26)(H,22,23,25). The van der Waals surface area contributed by atoms with Crippen LogP contribution >= 0.6 is 11.8 Å². The number of carbonyl (C=O) groups excluding carboxylic acids is 1. The van der Waals surface area contributed by atoms with Gasteiger partial charge < -0.3 is 19.8 Å². The number of anilines is 1. The number of H-pyrrole nitrogens is 1. The van der Waals surface area contributed by atoms with Gasteiger partial charge in [-0.1, -0.05) is 11.8 Å². The fourth-order valence-electron chi connectivity index (χ4n) is 2.82. The number of thioether (sulfide) groups is 1. The predicted octanol–water partition coefficient (Wildman–Crippen LogP) is 3.39. The Bertz CT molecular complexity index is 1210. The summed E-state index contributed by atoms with van der Waals surface area (Å²) in [5.41, 5.74) is 2.19. The molecule has 0 radical (unpaired) electrons. The van der Waals surface area contributed by atoms with E-state index in [-0.39, 0.29) is 17.5 Å². The molecule has 2 N–H and O–H groups in total. The summed E-state index contributed by atoms with van der Waals surface area (Å²) in [6, 6.07) is 9.49. The van der Waals surface area contributed by atoms with Crippen LogP contribution in [0.15, 0.2) is 41.6 Å². The molecule has 4 rings (SSSR count). The van der Waals surface area contributed by atoms with Crippen LogP contribution in [0.4, 0.5) is 10.1 Å². The molecule has 10 heteroatoms. The Morgan fingerprint density at radius 3 is 2.83 bits per heavy atom. The van der Waals surface area contributed by atoms with Crippen LogP contribution in [0.2, 0.25) is 0 Å². The van der Waals surface area contributed by atoms with Gasteiger partial charge in [0.15, 0.2) is 5.65 Å². The molecule has 4 aromatic rings. The van der Waals surface area contributed by atoms with Gasteiger partial charge in [0.25, 0.3) is 0 Å². The lowest BCUT2D eigenvalue weighted by atomic mass is 10.2. The molecule has 0 fully saturated rings. The van der Waals surface area contributed by atoms with E-state index in [1.807, 2.05) is 0 Å². The Hall–Kier alpha value is -3.40. The van der Waals surface area contributed by atoms with Gasteiger partial charge >= 0.3 is 0 Å². The number of halogens is 1. The summed E-state index contributed by atoms with van der Waals surface area (Å²) in [7, 11) is 3.06. The zero-order chi connectivity index (χ0) is 20.4. The zero-order valence-corrected chi connectivity index (χ0v) is 16.3. The van der Waals surface area contributed by atoms with Crippen molar-refractivity contribution in [3.63, 3.8) is 0 Å². The summed E-state index contributed by atoms with van der Waals surface area (Å²) in [5, 5.41) is 11.9. The Balaban J connectivity index is 1.48. The van der Waals surface area contributed by atoms with Crippen molar-refractivity contribution in [3.8, 4) is 11.5 Å². The second-order valence-electron chi connectivity index (χ2n) is 6.01. The molecule has 0 saturated heterocycles. The minimum atomic E-state index is -0.358. The Labute approximate surface area is 168 Å². The molecule has 1 amide bonds. The molecule has 0 aliphatic carbocycles. The number of methoxy groups -OCH3 is 2. The minimum absolute atomic E-state index is 0.0718. The average Bonchev–Trinajstić information content (AvgIpc) is 3.09. The third-order valence-electron chi connectivity index (χ3n) is 4.17. The molecule has 0 spiro atoms. The fraction of sp³-hybridized carbons (Fsp3) is 0.158. The molecular weight excluding hydrogens is 397 g/mol. The van der Waals surface area contributed by atoms with Gasteiger partial charge in [0, 0.05) is 17.0 Å². The van der Waals surface area contributed by atoms with Gasteiger partial charge in [-0.25, -0.2) is 9.37 Å². The lowest BCUT2D eigenvalue weighted by molar-refractivity contribution is -0.113. The van der Waals surface area contributed by atoms with Gasteiger partial charge in [-0.15, -0.1) is 10.2 Å². The number of nitrogens with one attached hydrogen (secondary N) is 2. The highest BCUT2D eigenvalue weighted by molar-refractivity contribution is 7.99. The van der Waals surface area contributed by atoms with Crippen molar-refractivity contribution in [1.82, 2.24) is 20.2 Å². The van der Waals surface area contributed by atoms with Crippen LogP contribution in [0.3, 0.4) is 0 Å². The number of aromatic amines is 1. The quantitative estimate of drug-likeness (QED) is 0.467. The average molecular weight is 413 g/mol. The van der Waals surface area contributed by atoms with Crippen molar-refractivity contribution in [2.75, 3.05) is 25.3 Å². The number of benzene rings is 2.